The Labute approximate surface area is 204 Å². The molecule has 1 aliphatic heterocycles. The summed E-state index contributed by atoms with van der Waals surface area (Å²) in [6.07, 6.45) is 0.111. The minimum Gasteiger partial charge on any atom is -0.491 e. The molecule has 1 unspecified atom stereocenters. The van der Waals surface area contributed by atoms with E-state index in [1.54, 1.807) is 30.4 Å². The Morgan fingerprint density at radius 2 is 2.15 bits per heavy atom. The molecule has 182 valence electrons. The molecule has 7 N–H and O–H groups in total. The number of H-pyrrole nitrogens is 1. The first-order valence-electron chi connectivity index (χ1n) is 9.30. The third-order valence-electron chi connectivity index (χ3n) is 4.36. The molecule has 0 fully saturated rings. The van der Waals surface area contributed by atoms with E-state index in [9.17, 15) is 4.79 Å². The standard InChI is InChI=1S/C20H21N3O4S3.CH4.2H2O/c1-26-4-5-27-13-7-12-8-16(20-21-11-14(29-20)10-17(24)25)22-19(12)15(9-13)23-30-18-3-2-6-28-18;;;/h2-3,6-9,14,22-23H,4-5,10-11H2,1H3,(H,24,25);1H4;2*1H2. The van der Waals surface area contributed by atoms with Crippen LogP contribution < -0.4 is 9.46 Å². The fourth-order valence-corrected chi connectivity index (χ4v) is 5.56. The van der Waals surface area contributed by atoms with Gasteiger partial charge in [0.2, 0.25) is 0 Å². The summed E-state index contributed by atoms with van der Waals surface area (Å²) in [7, 11) is 1.65. The summed E-state index contributed by atoms with van der Waals surface area (Å²) in [6, 6.07) is 10.1. The number of anilines is 1. The first-order chi connectivity index (χ1) is 14.6. The molecule has 33 heavy (non-hydrogen) atoms. The largest absolute Gasteiger partial charge is 0.491 e. The monoisotopic (exact) mass is 515 g/mol. The molecule has 9 nitrogen and oxygen atoms in total. The average molecular weight is 516 g/mol. The minimum atomic E-state index is -0.796. The van der Waals surface area contributed by atoms with Crippen LogP contribution in [-0.2, 0) is 9.53 Å². The van der Waals surface area contributed by atoms with Gasteiger partial charge in [0, 0.05) is 23.8 Å². The second kappa shape index (κ2) is 13.5. The van der Waals surface area contributed by atoms with Gasteiger partial charge in [0.25, 0.3) is 0 Å². The molecule has 0 spiro atoms. The second-order valence-electron chi connectivity index (χ2n) is 6.58. The molecule has 0 saturated carbocycles. The maximum atomic E-state index is 11.0. The van der Waals surface area contributed by atoms with Crippen LogP contribution in [0.1, 0.15) is 19.5 Å². The van der Waals surface area contributed by atoms with Crippen LogP contribution in [0.15, 0.2) is 44.9 Å². The normalized spacial score (nSPS) is 14.6. The Balaban J connectivity index is 0.00000181. The third kappa shape index (κ3) is 7.39. The Bertz CT molecular complexity index is 1060. The quantitative estimate of drug-likeness (QED) is 0.274. The highest BCUT2D eigenvalue weighted by molar-refractivity contribution is 8.15. The lowest BCUT2D eigenvalue weighted by Crippen LogP contribution is -2.10. The van der Waals surface area contributed by atoms with E-state index in [-0.39, 0.29) is 30.0 Å². The summed E-state index contributed by atoms with van der Waals surface area (Å²) in [5, 5.41) is 12.9. The number of carboxylic acids is 1. The molecule has 0 bridgehead atoms. The van der Waals surface area contributed by atoms with Gasteiger partial charge in [-0.25, -0.2) is 0 Å². The molecular weight excluding hydrogens is 486 g/mol. The van der Waals surface area contributed by atoms with Crippen molar-refractivity contribution in [2.75, 3.05) is 31.6 Å². The van der Waals surface area contributed by atoms with Crippen LogP contribution in [0.5, 0.6) is 5.75 Å². The molecule has 0 saturated heterocycles. The number of nitrogens with one attached hydrogen (secondary N) is 2. The van der Waals surface area contributed by atoms with E-state index in [2.05, 4.69) is 20.8 Å². The van der Waals surface area contributed by atoms with Gasteiger partial charge in [0.15, 0.2) is 0 Å². The Kier molecular flexibility index (Phi) is 11.8. The number of carbonyl (C=O) groups is 1. The lowest BCUT2D eigenvalue weighted by Gasteiger charge is -2.10. The number of aromatic nitrogens is 1. The zero-order chi connectivity index (χ0) is 20.9. The Morgan fingerprint density at radius 3 is 2.85 bits per heavy atom. The third-order valence-corrected chi connectivity index (χ3v) is 7.45. The van der Waals surface area contributed by atoms with Gasteiger partial charge in [0.05, 0.1) is 40.7 Å². The molecule has 3 aromatic rings. The van der Waals surface area contributed by atoms with Crippen LogP contribution in [-0.4, -0.2) is 64.2 Å². The summed E-state index contributed by atoms with van der Waals surface area (Å²) in [5.74, 6) is -0.0420. The molecule has 1 atom stereocenters. The number of fused-ring (bicyclic) bond motifs is 1. The van der Waals surface area contributed by atoms with E-state index < -0.39 is 5.97 Å². The number of aliphatic imine (C=N–C) groups is 1. The molecule has 0 aliphatic carbocycles. The van der Waals surface area contributed by atoms with Crippen molar-refractivity contribution in [2.45, 2.75) is 23.3 Å². The minimum absolute atomic E-state index is 0. The van der Waals surface area contributed by atoms with E-state index in [0.717, 1.165) is 37.3 Å². The predicted molar refractivity (Wildman–Crippen MR) is 138 cm³/mol. The fraction of sp³-hybridized carbons (Fsp3) is 0.333. The van der Waals surface area contributed by atoms with E-state index in [1.807, 2.05) is 29.6 Å². The zero-order valence-electron chi connectivity index (χ0n) is 17.2. The Hall–Kier alpha value is -2.22. The highest BCUT2D eigenvalue weighted by Gasteiger charge is 2.24. The van der Waals surface area contributed by atoms with Gasteiger partial charge in [0.1, 0.15) is 17.4 Å². The number of thioether (sulfide) groups is 1. The second-order valence-corrected chi connectivity index (χ2v) is 9.92. The summed E-state index contributed by atoms with van der Waals surface area (Å²) in [4.78, 5) is 19.0. The summed E-state index contributed by atoms with van der Waals surface area (Å²) in [5.41, 5.74) is 2.76. The molecule has 3 heterocycles. The molecule has 0 amide bonds. The van der Waals surface area contributed by atoms with Crippen molar-refractivity contribution in [2.24, 2.45) is 4.99 Å². The van der Waals surface area contributed by atoms with Crippen LogP contribution in [0.2, 0.25) is 0 Å². The van der Waals surface area contributed by atoms with Crippen molar-refractivity contribution in [1.82, 2.24) is 4.98 Å². The van der Waals surface area contributed by atoms with Gasteiger partial charge in [-0.15, -0.1) is 11.3 Å². The molecule has 1 aliphatic rings. The average Bonchev–Trinajstić information content (AvgIpc) is 3.46. The van der Waals surface area contributed by atoms with Gasteiger partial charge in [-0.1, -0.05) is 25.3 Å². The number of methoxy groups -OCH3 is 1. The Morgan fingerprint density at radius 1 is 1.33 bits per heavy atom. The van der Waals surface area contributed by atoms with E-state index in [0.29, 0.717) is 19.8 Å². The van der Waals surface area contributed by atoms with Crippen LogP contribution in [0.4, 0.5) is 5.69 Å². The molecule has 4 rings (SSSR count). The topological polar surface area (TPSA) is 159 Å². The maximum Gasteiger partial charge on any atom is 0.304 e. The van der Waals surface area contributed by atoms with Gasteiger partial charge in [-0.05, 0) is 35.5 Å². The van der Waals surface area contributed by atoms with Crippen molar-refractivity contribution in [3.63, 3.8) is 0 Å². The number of nitrogens with zero attached hydrogens (tertiary/aromatic N) is 1. The lowest BCUT2D eigenvalue weighted by molar-refractivity contribution is -0.136. The predicted octanol–water partition coefficient (Wildman–Crippen LogP) is 3.70. The number of carboxylic acid groups (broad SMARTS) is 1. The first-order valence-corrected chi connectivity index (χ1v) is 11.9. The van der Waals surface area contributed by atoms with E-state index in [4.69, 9.17) is 14.6 Å². The zero-order valence-corrected chi connectivity index (χ0v) is 19.7. The summed E-state index contributed by atoms with van der Waals surface area (Å²) in [6.45, 7) is 1.50. The molecule has 1 aromatic carbocycles. The van der Waals surface area contributed by atoms with E-state index >= 15 is 0 Å². The number of benzene rings is 1. The number of thiophene rings is 1. The SMILES string of the molecule is C.COCCOc1cc(NSc2cccs2)c2[nH]c(C3=NCC(CC(=O)O)S3)cc2c1.O.O. The number of hydrogen-bond donors (Lipinski definition) is 3. The maximum absolute atomic E-state index is 11.0. The van der Waals surface area contributed by atoms with Gasteiger partial charge in [-0.2, -0.15) is 0 Å². The van der Waals surface area contributed by atoms with Gasteiger partial charge in [-0.3, -0.25) is 9.79 Å². The highest BCUT2D eigenvalue weighted by atomic mass is 32.2. The van der Waals surface area contributed by atoms with Crippen molar-refractivity contribution < 1.29 is 30.3 Å². The smallest absolute Gasteiger partial charge is 0.304 e. The molecule has 0 radical (unpaired) electrons. The van der Waals surface area contributed by atoms with Crippen molar-refractivity contribution in [3.8, 4) is 5.75 Å². The number of hydrogen-bond acceptors (Lipinski definition) is 8. The number of ether oxygens (including phenoxy) is 2. The number of aliphatic carboxylic acids is 1. The van der Waals surface area contributed by atoms with Gasteiger partial charge >= 0.3 is 5.97 Å². The van der Waals surface area contributed by atoms with Crippen LogP contribution in [0, 0.1) is 0 Å². The van der Waals surface area contributed by atoms with Gasteiger partial charge < -0.3 is 35.2 Å². The van der Waals surface area contributed by atoms with Crippen molar-refractivity contribution >= 4 is 62.6 Å². The summed E-state index contributed by atoms with van der Waals surface area (Å²) >= 11 is 4.73. The lowest BCUT2D eigenvalue weighted by atomic mass is 10.2. The summed E-state index contributed by atoms with van der Waals surface area (Å²) < 4.78 is 15.5. The van der Waals surface area contributed by atoms with Crippen LogP contribution >= 0.6 is 35.0 Å². The number of rotatable bonds is 10. The van der Waals surface area contributed by atoms with Crippen LogP contribution in [0.25, 0.3) is 10.9 Å². The van der Waals surface area contributed by atoms with E-state index in [1.165, 1.54) is 11.8 Å². The first kappa shape index (κ1) is 28.8. The number of aromatic amines is 1. The van der Waals surface area contributed by atoms with Crippen molar-refractivity contribution in [1.29, 1.82) is 0 Å². The highest BCUT2D eigenvalue weighted by Crippen LogP contribution is 2.36. The molecular formula is C21H29N3O6S3. The van der Waals surface area contributed by atoms with Crippen molar-refractivity contribution in [3.05, 3.63) is 41.4 Å². The molecule has 12 heteroatoms. The molecule has 2 aromatic heterocycles. The van der Waals surface area contributed by atoms with Crippen LogP contribution in [0.3, 0.4) is 0 Å². The fourth-order valence-electron chi connectivity index (χ4n) is 3.03.